The van der Waals surface area contributed by atoms with Crippen LogP contribution < -0.4 is 4.74 Å². The molecule has 0 radical (unpaired) electrons. The molecule has 0 aliphatic carbocycles. The van der Waals surface area contributed by atoms with Crippen molar-refractivity contribution in [1.29, 1.82) is 0 Å². The van der Waals surface area contributed by atoms with Crippen LogP contribution in [0.5, 0.6) is 5.75 Å². The third-order valence-corrected chi connectivity index (χ3v) is 4.49. The van der Waals surface area contributed by atoms with Gasteiger partial charge < -0.3 is 4.74 Å². The van der Waals surface area contributed by atoms with Crippen LogP contribution in [0.4, 0.5) is 11.5 Å². The number of hydrogen-bond donors (Lipinski definition) is 0. The summed E-state index contributed by atoms with van der Waals surface area (Å²) >= 11 is 0. The number of methoxy groups -OCH3 is 1. The van der Waals surface area contributed by atoms with E-state index in [2.05, 4.69) is 17.2 Å². The van der Waals surface area contributed by atoms with Crippen LogP contribution in [0.3, 0.4) is 0 Å². The molecule has 2 aromatic carbocycles. The number of fused-ring (bicyclic) bond motifs is 1. The van der Waals surface area contributed by atoms with Gasteiger partial charge in [0.05, 0.1) is 12.8 Å². The lowest BCUT2D eigenvalue weighted by Crippen LogP contribution is -1.84. The average Bonchev–Trinajstić information content (AvgIpc) is 3.05. The minimum Gasteiger partial charge on any atom is -0.497 e. The molecular formula is C22H20N4O. The van der Waals surface area contributed by atoms with E-state index in [0.29, 0.717) is 5.82 Å². The number of aryl methyl sites for hydroxylation is 2. The molecule has 2 heterocycles. The van der Waals surface area contributed by atoms with Gasteiger partial charge in [-0.25, -0.2) is 4.98 Å². The third kappa shape index (κ3) is 3.31. The van der Waals surface area contributed by atoms with Crippen LogP contribution >= 0.6 is 0 Å². The Balaban J connectivity index is 1.87. The molecule has 0 bridgehead atoms. The van der Waals surface area contributed by atoms with E-state index in [0.717, 1.165) is 39.5 Å². The predicted octanol–water partition coefficient (Wildman–Crippen LogP) is 6.04. The summed E-state index contributed by atoms with van der Waals surface area (Å²) in [5.41, 5.74) is 5.68. The quantitative estimate of drug-likeness (QED) is 0.418. The summed E-state index contributed by atoms with van der Waals surface area (Å²) in [6.07, 6.45) is 1.98. The molecule has 0 saturated heterocycles. The van der Waals surface area contributed by atoms with Crippen molar-refractivity contribution in [3.05, 3.63) is 78.0 Å². The van der Waals surface area contributed by atoms with Crippen LogP contribution in [0.15, 0.2) is 77.1 Å². The Hall–Kier alpha value is -3.47. The number of aromatic nitrogens is 2. The molecule has 0 saturated carbocycles. The summed E-state index contributed by atoms with van der Waals surface area (Å²) in [4.78, 5) is 4.80. The molecule has 0 atom stereocenters. The van der Waals surface area contributed by atoms with Crippen molar-refractivity contribution in [3.8, 4) is 17.0 Å². The largest absolute Gasteiger partial charge is 0.497 e. The number of benzene rings is 2. The van der Waals surface area contributed by atoms with Gasteiger partial charge in [-0.2, -0.15) is 0 Å². The molecule has 5 nitrogen and oxygen atoms in total. The predicted molar refractivity (Wildman–Crippen MR) is 107 cm³/mol. The molecule has 134 valence electrons. The van der Waals surface area contributed by atoms with Crippen LogP contribution in [-0.4, -0.2) is 16.5 Å². The minimum absolute atomic E-state index is 0.707. The molecule has 0 aliphatic rings. The molecule has 0 spiro atoms. The number of ether oxygens (including phenoxy) is 1. The molecule has 0 aliphatic heterocycles. The van der Waals surface area contributed by atoms with Gasteiger partial charge >= 0.3 is 0 Å². The van der Waals surface area contributed by atoms with E-state index >= 15 is 0 Å². The highest BCUT2D eigenvalue weighted by Crippen LogP contribution is 2.33. The Morgan fingerprint density at radius 3 is 2.44 bits per heavy atom. The lowest BCUT2D eigenvalue weighted by atomic mass is 10.1. The molecular weight excluding hydrogens is 336 g/mol. The van der Waals surface area contributed by atoms with E-state index in [1.165, 1.54) is 0 Å². The third-order valence-electron chi connectivity index (χ3n) is 4.49. The Morgan fingerprint density at radius 1 is 0.926 bits per heavy atom. The maximum Gasteiger partial charge on any atom is 0.187 e. The summed E-state index contributed by atoms with van der Waals surface area (Å²) in [5.74, 6) is 1.51. The number of azo groups is 1. The van der Waals surface area contributed by atoms with Crippen molar-refractivity contribution in [2.45, 2.75) is 13.8 Å². The van der Waals surface area contributed by atoms with E-state index in [-0.39, 0.29) is 0 Å². The minimum atomic E-state index is 0.707. The van der Waals surface area contributed by atoms with Crippen LogP contribution in [0.2, 0.25) is 0 Å². The monoisotopic (exact) mass is 356 g/mol. The topological polar surface area (TPSA) is 51.2 Å². The molecule has 0 unspecified atom stereocenters. The van der Waals surface area contributed by atoms with E-state index < -0.39 is 0 Å². The maximum absolute atomic E-state index is 5.26. The average molecular weight is 356 g/mol. The zero-order chi connectivity index (χ0) is 18.8. The van der Waals surface area contributed by atoms with Gasteiger partial charge in [0.1, 0.15) is 17.1 Å². The standard InChI is InChI=1S/C22H20N4O/c1-15-12-13-26-20(14-15)23-21(17-8-10-18(27-3)11-9-17)22(26)25-24-19-7-5-4-6-16(19)2/h4-14H,1-3H3. The Morgan fingerprint density at radius 2 is 1.70 bits per heavy atom. The Bertz CT molecular complexity index is 1130. The lowest BCUT2D eigenvalue weighted by Gasteiger charge is -2.03. The molecule has 0 amide bonds. The van der Waals surface area contributed by atoms with Crippen LogP contribution in [0.1, 0.15) is 11.1 Å². The molecule has 4 aromatic rings. The van der Waals surface area contributed by atoms with Crippen LogP contribution in [0, 0.1) is 13.8 Å². The van der Waals surface area contributed by atoms with Crippen molar-refractivity contribution in [2.75, 3.05) is 7.11 Å². The highest BCUT2D eigenvalue weighted by Gasteiger charge is 2.14. The first kappa shape index (κ1) is 17.0. The maximum atomic E-state index is 5.26. The first-order valence-corrected chi connectivity index (χ1v) is 8.76. The highest BCUT2D eigenvalue weighted by molar-refractivity contribution is 5.75. The summed E-state index contributed by atoms with van der Waals surface area (Å²) in [5, 5.41) is 9.05. The van der Waals surface area contributed by atoms with Gasteiger partial charge in [0.15, 0.2) is 5.82 Å². The van der Waals surface area contributed by atoms with E-state index in [9.17, 15) is 0 Å². The number of imidazole rings is 1. The zero-order valence-corrected chi connectivity index (χ0v) is 15.5. The summed E-state index contributed by atoms with van der Waals surface area (Å²) in [6, 6.07) is 19.8. The van der Waals surface area contributed by atoms with E-state index in [1.54, 1.807) is 7.11 Å². The van der Waals surface area contributed by atoms with Gasteiger partial charge in [0.2, 0.25) is 0 Å². The summed E-state index contributed by atoms with van der Waals surface area (Å²) < 4.78 is 7.23. The fourth-order valence-corrected chi connectivity index (χ4v) is 2.95. The van der Waals surface area contributed by atoms with Crippen molar-refractivity contribution >= 4 is 17.2 Å². The van der Waals surface area contributed by atoms with Gasteiger partial charge in [-0.15, -0.1) is 10.2 Å². The van der Waals surface area contributed by atoms with E-state index in [4.69, 9.17) is 9.72 Å². The fourth-order valence-electron chi connectivity index (χ4n) is 2.95. The molecule has 0 N–H and O–H groups in total. The first-order valence-electron chi connectivity index (χ1n) is 8.76. The summed E-state index contributed by atoms with van der Waals surface area (Å²) in [7, 11) is 1.66. The summed E-state index contributed by atoms with van der Waals surface area (Å²) in [6.45, 7) is 4.08. The Labute approximate surface area is 158 Å². The van der Waals surface area contributed by atoms with Gasteiger partial charge in [0, 0.05) is 11.8 Å². The van der Waals surface area contributed by atoms with Gasteiger partial charge in [-0.05, 0) is 67.4 Å². The molecule has 2 aromatic heterocycles. The number of hydrogen-bond acceptors (Lipinski definition) is 4. The molecule has 27 heavy (non-hydrogen) atoms. The van der Waals surface area contributed by atoms with Crippen molar-refractivity contribution in [3.63, 3.8) is 0 Å². The van der Waals surface area contributed by atoms with Gasteiger partial charge in [-0.3, -0.25) is 4.40 Å². The highest BCUT2D eigenvalue weighted by atomic mass is 16.5. The second kappa shape index (κ2) is 7.03. The number of rotatable bonds is 4. The molecule has 5 heteroatoms. The van der Waals surface area contributed by atoms with Gasteiger partial charge in [-0.1, -0.05) is 18.2 Å². The SMILES string of the molecule is COc1ccc(-c2nc3cc(C)ccn3c2N=Nc2ccccc2C)cc1. The zero-order valence-electron chi connectivity index (χ0n) is 15.5. The normalized spacial score (nSPS) is 11.4. The molecule has 4 rings (SSSR count). The van der Waals surface area contributed by atoms with E-state index in [1.807, 2.05) is 78.2 Å². The van der Waals surface area contributed by atoms with Crippen molar-refractivity contribution in [2.24, 2.45) is 10.2 Å². The van der Waals surface area contributed by atoms with Gasteiger partial charge in [0.25, 0.3) is 0 Å². The van der Waals surface area contributed by atoms with Crippen molar-refractivity contribution in [1.82, 2.24) is 9.38 Å². The number of nitrogens with zero attached hydrogens (tertiary/aromatic N) is 4. The first-order chi connectivity index (χ1) is 13.2. The smallest absolute Gasteiger partial charge is 0.187 e. The second-order valence-electron chi connectivity index (χ2n) is 6.43. The fraction of sp³-hybridized carbons (Fsp3) is 0.136. The van der Waals surface area contributed by atoms with Crippen molar-refractivity contribution < 1.29 is 4.74 Å². The Kier molecular flexibility index (Phi) is 4.42. The van der Waals surface area contributed by atoms with Crippen LogP contribution in [0.25, 0.3) is 16.9 Å². The van der Waals surface area contributed by atoms with Crippen LogP contribution in [-0.2, 0) is 0 Å². The molecule has 0 fully saturated rings. The second-order valence-corrected chi connectivity index (χ2v) is 6.43. The lowest BCUT2D eigenvalue weighted by molar-refractivity contribution is 0.415. The number of pyridine rings is 1.